The summed E-state index contributed by atoms with van der Waals surface area (Å²) in [5.74, 6) is 1.02. The number of phenols is 1. The van der Waals surface area contributed by atoms with Crippen molar-refractivity contribution in [2.75, 3.05) is 0 Å². The molecule has 2 heterocycles. The van der Waals surface area contributed by atoms with Crippen LogP contribution < -0.4 is 10.4 Å². The van der Waals surface area contributed by atoms with Crippen molar-refractivity contribution in [1.82, 2.24) is 14.5 Å². The van der Waals surface area contributed by atoms with Crippen molar-refractivity contribution in [2.24, 2.45) is 7.05 Å². The lowest BCUT2D eigenvalue weighted by molar-refractivity contribution is 0.475. The molecule has 0 aliphatic heterocycles. The number of phenolic OH excluding ortho intramolecular Hbond substituents is 1. The van der Waals surface area contributed by atoms with E-state index < -0.39 is 16.1 Å². The molecule has 1 N–H and O–H groups in total. The normalized spacial score (nSPS) is 12.7. The van der Waals surface area contributed by atoms with Crippen LogP contribution in [0.3, 0.4) is 0 Å². The lowest BCUT2D eigenvalue weighted by Gasteiger charge is -2.20. The van der Waals surface area contributed by atoms with Gasteiger partial charge >= 0.3 is 0 Å². The summed E-state index contributed by atoms with van der Waals surface area (Å²) in [6.07, 6.45) is 1.95. The number of rotatable bonds is 5. The molecular formula is C35H43N3OSi2. The first-order valence-corrected chi connectivity index (χ1v) is 21.5. The fourth-order valence-corrected chi connectivity index (χ4v) is 7.56. The van der Waals surface area contributed by atoms with Gasteiger partial charge in [0.25, 0.3) is 0 Å². The average Bonchev–Trinajstić information content (AvgIpc) is 3.23. The largest absolute Gasteiger partial charge is 0.507 e. The summed E-state index contributed by atoms with van der Waals surface area (Å²) >= 11 is 0. The van der Waals surface area contributed by atoms with Crippen LogP contribution in [0.1, 0.15) is 26.3 Å². The third-order valence-corrected chi connectivity index (χ3v) is 12.1. The van der Waals surface area contributed by atoms with E-state index >= 15 is 0 Å². The third kappa shape index (κ3) is 5.68. The highest BCUT2D eigenvalue weighted by molar-refractivity contribution is 6.89. The smallest absolute Gasteiger partial charge is 0.144 e. The van der Waals surface area contributed by atoms with Crippen LogP contribution in [0.5, 0.6) is 5.75 Å². The van der Waals surface area contributed by atoms with E-state index in [2.05, 4.69) is 126 Å². The molecule has 0 saturated heterocycles. The molecular weight excluding hydrogens is 535 g/mol. The first kappa shape index (κ1) is 29.0. The number of hydrogen-bond donors (Lipinski definition) is 1. The van der Waals surface area contributed by atoms with Crippen molar-refractivity contribution in [3.05, 3.63) is 78.5 Å². The van der Waals surface area contributed by atoms with Crippen LogP contribution in [0.25, 0.3) is 44.8 Å². The Kier molecular flexibility index (Phi) is 7.15. The predicted molar refractivity (Wildman–Crippen MR) is 181 cm³/mol. The quantitative estimate of drug-likeness (QED) is 0.215. The van der Waals surface area contributed by atoms with Crippen LogP contribution in [0.4, 0.5) is 0 Å². The number of benzene rings is 3. The van der Waals surface area contributed by atoms with Crippen molar-refractivity contribution < 1.29 is 5.11 Å². The zero-order valence-corrected chi connectivity index (χ0v) is 28.2. The van der Waals surface area contributed by atoms with Gasteiger partial charge in [0.05, 0.1) is 38.4 Å². The third-order valence-electron chi connectivity index (χ3n) is 8.05. The second-order valence-corrected chi connectivity index (χ2v) is 24.5. The van der Waals surface area contributed by atoms with E-state index in [1.807, 2.05) is 12.3 Å². The van der Waals surface area contributed by atoms with Gasteiger partial charge in [-0.3, -0.25) is 4.98 Å². The van der Waals surface area contributed by atoms with Crippen LogP contribution in [0.15, 0.2) is 72.9 Å². The lowest BCUT2D eigenvalue weighted by atomic mass is 9.86. The second-order valence-electron chi connectivity index (χ2n) is 14.4. The van der Waals surface area contributed by atoms with Crippen LogP contribution in [0, 0.1) is 0 Å². The SMILES string of the molecule is Cn1c(-c2cc(C(C)(C)C)ccc2O)nc2c(-c3cccc(-c4cc([Si](C)(C)C)ccn4)c3)cc([Si](C)(C)C)cc21. The number of aromatic nitrogens is 3. The van der Waals surface area contributed by atoms with Gasteiger partial charge in [0, 0.05) is 24.4 Å². The van der Waals surface area contributed by atoms with E-state index in [1.54, 1.807) is 6.07 Å². The maximum absolute atomic E-state index is 11.0. The Hall–Kier alpha value is -3.49. The van der Waals surface area contributed by atoms with Gasteiger partial charge < -0.3 is 9.67 Å². The maximum atomic E-state index is 11.0. The molecule has 5 rings (SSSR count). The van der Waals surface area contributed by atoms with Gasteiger partial charge in [-0.05, 0) is 52.9 Å². The highest BCUT2D eigenvalue weighted by atomic mass is 28.3. The van der Waals surface area contributed by atoms with E-state index in [4.69, 9.17) is 9.97 Å². The predicted octanol–water partition coefficient (Wildman–Crippen LogP) is 8.06. The molecule has 0 atom stereocenters. The Bertz CT molecular complexity index is 1770. The Balaban J connectivity index is 1.74. The molecule has 0 aliphatic rings. The van der Waals surface area contributed by atoms with Crippen LogP contribution in [-0.4, -0.2) is 35.8 Å². The van der Waals surface area contributed by atoms with Gasteiger partial charge in [-0.15, -0.1) is 0 Å². The van der Waals surface area contributed by atoms with Gasteiger partial charge in [0.1, 0.15) is 11.6 Å². The lowest BCUT2D eigenvalue weighted by Crippen LogP contribution is -2.37. The molecule has 0 bridgehead atoms. The second kappa shape index (κ2) is 10.1. The van der Waals surface area contributed by atoms with Crippen molar-refractivity contribution >= 4 is 37.6 Å². The number of hydrogen-bond acceptors (Lipinski definition) is 3. The summed E-state index contributed by atoms with van der Waals surface area (Å²) in [7, 11) is -1.06. The standard InChI is InChI=1S/C35H43N3OSi2/c1-35(2,3)25-14-15-32(39)29(19-25)34-37-33-28(20-27(41(8,9)10)22-31(33)38(34)4)23-12-11-13-24(18-23)30-21-26(16-17-36-30)40(5,6)7/h11-22,39H,1-10H3. The van der Waals surface area contributed by atoms with Crippen molar-refractivity contribution in [2.45, 2.75) is 65.5 Å². The van der Waals surface area contributed by atoms with Crippen LogP contribution in [0.2, 0.25) is 39.3 Å². The molecule has 0 radical (unpaired) electrons. The summed E-state index contributed by atoms with van der Waals surface area (Å²) in [5.41, 5.74) is 8.30. The van der Waals surface area contributed by atoms with Gasteiger partial charge in [0.15, 0.2) is 0 Å². The zero-order valence-electron chi connectivity index (χ0n) is 26.2. The number of aryl methyl sites for hydroxylation is 1. The van der Waals surface area contributed by atoms with Gasteiger partial charge in [-0.25, -0.2) is 4.98 Å². The highest BCUT2D eigenvalue weighted by Crippen LogP contribution is 2.37. The van der Waals surface area contributed by atoms with Crippen LogP contribution >= 0.6 is 0 Å². The minimum absolute atomic E-state index is 0.0372. The van der Waals surface area contributed by atoms with Crippen molar-refractivity contribution in [3.63, 3.8) is 0 Å². The first-order chi connectivity index (χ1) is 19.0. The number of nitrogens with zero attached hydrogens (tertiary/aromatic N) is 3. The fourth-order valence-electron chi connectivity index (χ4n) is 5.26. The summed E-state index contributed by atoms with van der Waals surface area (Å²) in [4.78, 5) is 9.98. The molecule has 0 saturated carbocycles. The number of imidazole rings is 1. The van der Waals surface area contributed by atoms with E-state index in [0.717, 1.165) is 44.8 Å². The summed E-state index contributed by atoms with van der Waals surface area (Å²) in [5, 5.41) is 13.8. The maximum Gasteiger partial charge on any atom is 0.144 e. The minimum Gasteiger partial charge on any atom is -0.507 e. The summed E-state index contributed by atoms with van der Waals surface area (Å²) in [6.45, 7) is 20.8. The summed E-state index contributed by atoms with van der Waals surface area (Å²) < 4.78 is 2.15. The Morgan fingerprint density at radius 2 is 1.41 bits per heavy atom. The van der Waals surface area contributed by atoms with E-state index in [1.165, 1.54) is 15.9 Å². The monoisotopic (exact) mass is 577 g/mol. The van der Waals surface area contributed by atoms with Gasteiger partial charge in [-0.2, -0.15) is 0 Å². The Morgan fingerprint density at radius 1 is 0.732 bits per heavy atom. The van der Waals surface area contributed by atoms with E-state index in [-0.39, 0.29) is 11.2 Å². The molecule has 0 unspecified atom stereocenters. The number of pyridine rings is 1. The van der Waals surface area contributed by atoms with Crippen LogP contribution in [-0.2, 0) is 12.5 Å². The van der Waals surface area contributed by atoms with Crippen molar-refractivity contribution in [3.8, 4) is 39.5 Å². The molecule has 212 valence electrons. The molecule has 5 aromatic rings. The van der Waals surface area contributed by atoms with Gasteiger partial charge in [0.2, 0.25) is 0 Å². The zero-order chi connectivity index (χ0) is 29.9. The fraction of sp³-hybridized carbons (Fsp3) is 0.314. The van der Waals surface area contributed by atoms with E-state index in [9.17, 15) is 5.11 Å². The van der Waals surface area contributed by atoms with E-state index in [0.29, 0.717) is 0 Å². The summed E-state index contributed by atoms with van der Waals surface area (Å²) in [6, 6.07) is 23.7. The molecule has 6 heteroatoms. The highest BCUT2D eigenvalue weighted by Gasteiger charge is 2.24. The molecule has 0 aliphatic carbocycles. The molecule has 3 aromatic carbocycles. The van der Waals surface area contributed by atoms with Crippen molar-refractivity contribution in [1.29, 1.82) is 0 Å². The van der Waals surface area contributed by atoms with Gasteiger partial charge in [-0.1, -0.05) is 101 Å². The Morgan fingerprint density at radius 3 is 2.07 bits per heavy atom. The topological polar surface area (TPSA) is 50.9 Å². The molecule has 0 spiro atoms. The first-order valence-electron chi connectivity index (χ1n) is 14.5. The Labute approximate surface area is 247 Å². The minimum atomic E-state index is -1.66. The molecule has 2 aromatic heterocycles. The average molecular weight is 578 g/mol. The molecule has 0 amide bonds. The number of aromatic hydroxyl groups is 1. The number of fused-ring (bicyclic) bond motifs is 1. The molecule has 0 fully saturated rings. The molecule has 4 nitrogen and oxygen atoms in total. The molecule has 41 heavy (non-hydrogen) atoms.